The molecule has 5 heteroatoms. The normalized spacial score (nSPS) is 10.1. The summed E-state index contributed by atoms with van der Waals surface area (Å²) in [4.78, 5) is 3.80. The average Bonchev–Trinajstić information content (AvgIpc) is 2.71. The van der Waals surface area contributed by atoms with Gasteiger partial charge in [0.1, 0.15) is 6.07 Å². The largest absolute Gasteiger partial charge is 0.318 e. The van der Waals surface area contributed by atoms with E-state index in [9.17, 15) is 8.78 Å². The molecular weight excluding hydrogens is 212 g/mol. The van der Waals surface area contributed by atoms with Crippen LogP contribution in [0.15, 0.2) is 30.6 Å². The van der Waals surface area contributed by atoms with Crippen molar-refractivity contribution in [3.8, 4) is 6.07 Å². The number of rotatable bonds is 2. The van der Waals surface area contributed by atoms with Crippen LogP contribution >= 0.6 is 0 Å². The lowest BCUT2D eigenvalue weighted by atomic mass is 10.2. The summed E-state index contributed by atoms with van der Waals surface area (Å²) in [5, 5.41) is 8.72. The highest BCUT2D eigenvalue weighted by molar-refractivity contribution is 5.20. The molecule has 1 aromatic heterocycles. The molecule has 2 aromatic rings. The first kappa shape index (κ1) is 10.3. The fraction of sp³-hybridized carbons (Fsp3) is 0.0909. The Morgan fingerprint density at radius 1 is 1.31 bits per heavy atom. The molecule has 2 rings (SSSR count). The van der Waals surface area contributed by atoms with Crippen molar-refractivity contribution in [2.24, 2.45) is 0 Å². The standard InChI is InChI=1S/C11H7F2N3/c12-9-2-1-8(5-10(9)13)7-16-4-3-15-11(16)6-14/h1-5H,7H2. The van der Waals surface area contributed by atoms with Crippen LogP contribution in [0.3, 0.4) is 0 Å². The number of nitrogens with zero attached hydrogens (tertiary/aromatic N) is 3. The van der Waals surface area contributed by atoms with Crippen molar-refractivity contribution >= 4 is 0 Å². The molecule has 0 radical (unpaired) electrons. The Balaban J connectivity index is 2.28. The molecule has 0 bridgehead atoms. The van der Waals surface area contributed by atoms with Crippen LogP contribution in [0.2, 0.25) is 0 Å². The summed E-state index contributed by atoms with van der Waals surface area (Å²) in [6.45, 7) is 0.292. The monoisotopic (exact) mass is 219 g/mol. The summed E-state index contributed by atoms with van der Waals surface area (Å²) in [5.41, 5.74) is 0.577. The second-order valence-electron chi connectivity index (χ2n) is 3.24. The third-order valence-electron chi connectivity index (χ3n) is 2.15. The zero-order valence-electron chi connectivity index (χ0n) is 8.19. The first-order chi connectivity index (χ1) is 7.70. The molecule has 0 N–H and O–H groups in total. The van der Waals surface area contributed by atoms with Crippen molar-refractivity contribution in [2.45, 2.75) is 6.54 Å². The molecule has 3 nitrogen and oxygen atoms in total. The summed E-state index contributed by atoms with van der Waals surface area (Å²) < 4.78 is 27.2. The topological polar surface area (TPSA) is 41.6 Å². The maximum Gasteiger partial charge on any atom is 0.213 e. The lowest BCUT2D eigenvalue weighted by molar-refractivity contribution is 0.506. The molecule has 0 unspecified atom stereocenters. The highest BCUT2D eigenvalue weighted by Crippen LogP contribution is 2.10. The number of imidazole rings is 1. The van der Waals surface area contributed by atoms with Crippen molar-refractivity contribution in [3.63, 3.8) is 0 Å². The molecule has 1 aromatic carbocycles. The maximum absolute atomic E-state index is 12.9. The van der Waals surface area contributed by atoms with Gasteiger partial charge in [-0.05, 0) is 17.7 Å². The van der Waals surface area contributed by atoms with Gasteiger partial charge < -0.3 is 4.57 Å². The Morgan fingerprint density at radius 3 is 2.81 bits per heavy atom. The molecule has 1 heterocycles. The molecule has 0 aliphatic rings. The summed E-state index contributed by atoms with van der Waals surface area (Å²) in [6.07, 6.45) is 3.10. The van der Waals surface area contributed by atoms with Crippen LogP contribution in [-0.4, -0.2) is 9.55 Å². The molecule has 0 aliphatic carbocycles. The number of nitriles is 1. The number of hydrogen-bond acceptors (Lipinski definition) is 2. The highest BCUT2D eigenvalue weighted by Gasteiger charge is 2.05. The van der Waals surface area contributed by atoms with Crippen molar-refractivity contribution in [1.29, 1.82) is 5.26 Å². The fourth-order valence-corrected chi connectivity index (χ4v) is 1.38. The zero-order chi connectivity index (χ0) is 11.5. The van der Waals surface area contributed by atoms with Crippen molar-refractivity contribution in [3.05, 3.63) is 53.6 Å². The van der Waals surface area contributed by atoms with Gasteiger partial charge in [-0.15, -0.1) is 0 Å². The minimum absolute atomic E-state index is 0.240. The smallest absolute Gasteiger partial charge is 0.213 e. The molecule has 0 spiro atoms. The first-order valence-electron chi connectivity index (χ1n) is 4.56. The van der Waals surface area contributed by atoms with Crippen LogP contribution in [0.5, 0.6) is 0 Å². The minimum atomic E-state index is -0.892. The van der Waals surface area contributed by atoms with Crippen molar-refractivity contribution < 1.29 is 8.78 Å². The van der Waals surface area contributed by atoms with E-state index < -0.39 is 11.6 Å². The summed E-state index contributed by atoms with van der Waals surface area (Å²) >= 11 is 0. The summed E-state index contributed by atoms with van der Waals surface area (Å²) in [6, 6.07) is 5.55. The Hall–Kier alpha value is -2.22. The number of halogens is 2. The van der Waals surface area contributed by atoms with E-state index in [1.165, 1.54) is 12.3 Å². The van der Waals surface area contributed by atoms with Gasteiger partial charge in [0, 0.05) is 18.9 Å². The third kappa shape index (κ3) is 1.91. The second kappa shape index (κ2) is 4.11. The maximum atomic E-state index is 12.9. The van der Waals surface area contributed by atoms with Crippen LogP contribution < -0.4 is 0 Å². The van der Waals surface area contributed by atoms with E-state index >= 15 is 0 Å². The van der Waals surface area contributed by atoms with E-state index in [1.807, 2.05) is 6.07 Å². The van der Waals surface area contributed by atoms with E-state index in [1.54, 1.807) is 10.8 Å². The molecule has 16 heavy (non-hydrogen) atoms. The average molecular weight is 219 g/mol. The van der Waals surface area contributed by atoms with E-state index in [4.69, 9.17) is 5.26 Å². The second-order valence-corrected chi connectivity index (χ2v) is 3.24. The molecular formula is C11H7F2N3. The lowest BCUT2D eigenvalue weighted by Crippen LogP contribution is -2.02. The van der Waals surface area contributed by atoms with Crippen LogP contribution in [0.1, 0.15) is 11.4 Å². The third-order valence-corrected chi connectivity index (χ3v) is 2.15. The molecule has 0 saturated heterocycles. The zero-order valence-corrected chi connectivity index (χ0v) is 8.19. The first-order valence-corrected chi connectivity index (χ1v) is 4.56. The molecule has 0 fully saturated rings. The number of benzene rings is 1. The summed E-state index contributed by atoms with van der Waals surface area (Å²) in [5.74, 6) is -1.53. The molecule has 0 aliphatic heterocycles. The van der Waals surface area contributed by atoms with Gasteiger partial charge >= 0.3 is 0 Å². The molecule has 0 amide bonds. The van der Waals surface area contributed by atoms with Crippen molar-refractivity contribution in [1.82, 2.24) is 9.55 Å². The lowest BCUT2D eigenvalue weighted by Gasteiger charge is -2.04. The van der Waals surface area contributed by atoms with Crippen LogP contribution in [-0.2, 0) is 6.54 Å². The Morgan fingerprint density at radius 2 is 2.12 bits per heavy atom. The Bertz CT molecular complexity index is 555. The highest BCUT2D eigenvalue weighted by atomic mass is 19.2. The van der Waals surface area contributed by atoms with E-state index in [0.29, 0.717) is 12.1 Å². The van der Waals surface area contributed by atoms with Gasteiger partial charge in [0.05, 0.1) is 0 Å². The number of hydrogen-bond donors (Lipinski definition) is 0. The molecule has 0 saturated carbocycles. The van der Waals surface area contributed by atoms with Crippen LogP contribution in [0, 0.1) is 23.0 Å². The van der Waals surface area contributed by atoms with Crippen LogP contribution in [0.4, 0.5) is 8.78 Å². The van der Waals surface area contributed by atoms with E-state index in [2.05, 4.69) is 4.98 Å². The van der Waals surface area contributed by atoms with Gasteiger partial charge in [-0.3, -0.25) is 0 Å². The number of aromatic nitrogens is 2. The van der Waals surface area contributed by atoms with Gasteiger partial charge in [-0.25, -0.2) is 13.8 Å². The Labute approximate surface area is 90.6 Å². The minimum Gasteiger partial charge on any atom is -0.318 e. The van der Waals surface area contributed by atoms with Gasteiger partial charge in [-0.2, -0.15) is 5.26 Å². The van der Waals surface area contributed by atoms with Gasteiger partial charge in [0.2, 0.25) is 5.82 Å². The molecule has 0 atom stereocenters. The predicted octanol–water partition coefficient (Wildman–Crippen LogP) is 2.08. The SMILES string of the molecule is N#Cc1nccn1Cc1ccc(F)c(F)c1. The van der Waals surface area contributed by atoms with E-state index in [0.717, 1.165) is 12.1 Å². The van der Waals surface area contributed by atoms with Crippen molar-refractivity contribution in [2.75, 3.05) is 0 Å². The fourth-order valence-electron chi connectivity index (χ4n) is 1.38. The predicted molar refractivity (Wildman–Crippen MR) is 52.4 cm³/mol. The van der Waals surface area contributed by atoms with Crippen LogP contribution in [0.25, 0.3) is 0 Å². The summed E-state index contributed by atoms with van der Waals surface area (Å²) in [7, 11) is 0. The van der Waals surface area contributed by atoms with Gasteiger partial charge in [-0.1, -0.05) is 6.07 Å². The Kier molecular flexibility index (Phi) is 2.64. The quantitative estimate of drug-likeness (QED) is 0.775. The van der Waals surface area contributed by atoms with E-state index in [-0.39, 0.29) is 5.82 Å². The molecule has 80 valence electrons. The van der Waals surface area contributed by atoms with Gasteiger partial charge in [0.25, 0.3) is 0 Å². The van der Waals surface area contributed by atoms with Gasteiger partial charge in [0.15, 0.2) is 11.6 Å².